The van der Waals surface area contributed by atoms with Crippen molar-refractivity contribution in [2.75, 3.05) is 32.8 Å². The summed E-state index contributed by atoms with van der Waals surface area (Å²) in [6.45, 7) is 6.59. The lowest BCUT2D eigenvalue weighted by atomic mass is 10.1. The summed E-state index contributed by atoms with van der Waals surface area (Å²) in [6.07, 6.45) is -1.18. The summed E-state index contributed by atoms with van der Waals surface area (Å²) in [5.74, 6) is -0.196. The van der Waals surface area contributed by atoms with E-state index in [-0.39, 0.29) is 43.4 Å². The third kappa shape index (κ3) is 10.2. The molecule has 2 aromatic carbocycles. The fraction of sp³-hybridized carbons (Fsp3) is 0.353. The standard InChI is InChI=1S/C34H37F4N5O3S/c1-3-41(4-2)16-17-42(20-25-7-14-30(39-19-25)26-8-10-28(11-9-26)34(36,37)38)31(45)22-43-21-27(15-18-44)32(46)40-33(43)47-23-24-5-12-29(35)13-6-24/h5-14,19,21,44H,3-4,15-18,20,22-23H2,1-2H3. The zero-order valence-electron chi connectivity index (χ0n) is 26.2. The summed E-state index contributed by atoms with van der Waals surface area (Å²) in [5, 5.41) is 9.80. The van der Waals surface area contributed by atoms with Gasteiger partial charge < -0.3 is 19.5 Å². The largest absolute Gasteiger partial charge is 0.416 e. The molecule has 0 bridgehead atoms. The molecule has 2 heterocycles. The van der Waals surface area contributed by atoms with Gasteiger partial charge in [-0.3, -0.25) is 14.6 Å². The maximum absolute atomic E-state index is 13.9. The number of likely N-dealkylation sites (N-methyl/N-ethyl adjacent to an activating group) is 1. The minimum Gasteiger partial charge on any atom is -0.396 e. The molecule has 13 heteroatoms. The van der Waals surface area contributed by atoms with Crippen molar-refractivity contribution in [3.05, 3.63) is 111 Å². The van der Waals surface area contributed by atoms with Crippen LogP contribution in [0.2, 0.25) is 0 Å². The number of thioether (sulfide) groups is 1. The molecule has 4 rings (SSSR count). The monoisotopic (exact) mass is 671 g/mol. The first-order valence-corrected chi connectivity index (χ1v) is 16.2. The summed E-state index contributed by atoms with van der Waals surface area (Å²) in [5.41, 5.74) is 1.65. The summed E-state index contributed by atoms with van der Waals surface area (Å²) in [7, 11) is 0. The lowest BCUT2D eigenvalue weighted by Gasteiger charge is -2.27. The summed E-state index contributed by atoms with van der Waals surface area (Å²) in [6, 6.07) is 14.3. The number of nitrogens with zero attached hydrogens (tertiary/aromatic N) is 5. The van der Waals surface area contributed by atoms with Gasteiger partial charge in [0.15, 0.2) is 5.16 Å². The predicted molar refractivity (Wildman–Crippen MR) is 173 cm³/mol. The quantitative estimate of drug-likeness (QED) is 0.0991. The Bertz CT molecular complexity index is 1660. The molecule has 0 unspecified atom stereocenters. The van der Waals surface area contributed by atoms with Gasteiger partial charge in [0.1, 0.15) is 12.4 Å². The van der Waals surface area contributed by atoms with Crippen LogP contribution >= 0.6 is 11.8 Å². The zero-order valence-corrected chi connectivity index (χ0v) is 27.0. The summed E-state index contributed by atoms with van der Waals surface area (Å²) < 4.78 is 53.9. The van der Waals surface area contributed by atoms with Gasteiger partial charge in [0, 0.05) is 61.9 Å². The Morgan fingerprint density at radius 2 is 1.64 bits per heavy atom. The van der Waals surface area contributed by atoms with Crippen LogP contribution in [0.1, 0.15) is 36.1 Å². The van der Waals surface area contributed by atoms with E-state index in [2.05, 4.69) is 14.9 Å². The number of aliphatic hydroxyl groups excluding tert-OH is 1. The highest BCUT2D eigenvalue weighted by molar-refractivity contribution is 7.98. The van der Waals surface area contributed by atoms with Gasteiger partial charge in [0.05, 0.1) is 11.3 Å². The smallest absolute Gasteiger partial charge is 0.396 e. The molecule has 0 saturated carbocycles. The molecule has 0 aliphatic heterocycles. The molecule has 0 atom stereocenters. The lowest BCUT2D eigenvalue weighted by molar-refractivity contribution is -0.137. The first-order chi connectivity index (χ1) is 22.5. The Labute approximate surface area is 275 Å². The molecular formula is C34H37F4N5O3S. The van der Waals surface area contributed by atoms with E-state index in [1.807, 2.05) is 13.8 Å². The number of aromatic nitrogens is 3. The number of carbonyl (C=O) groups is 1. The molecular weight excluding hydrogens is 634 g/mol. The van der Waals surface area contributed by atoms with Crippen LogP contribution in [0.5, 0.6) is 0 Å². The van der Waals surface area contributed by atoms with E-state index in [9.17, 15) is 32.3 Å². The van der Waals surface area contributed by atoms with E-state index in [4.69, 9.17) is 0 Å². The highest BCUT2D eigenvalue weighted by Gasteiger charge is 2.30. The first-order valence-electron chi connectivity index (χ1n) is 15.2. The van der Waals surface area contributed by atoms with Crippen LogP contribution in [0.3, 0.4) is 0 Å². The SMILES string of the molecule is CCN(CC)CCN(Cc1ccc(-c2ccc(C(F)(F)F)cc2)nc1)C(=O)Cn1cc(CCO)c(=O)nc1SCc1ccc(F)cc1. The number of hydrogen-bond acceptors (Lipinski definition) is 7. The van der Waals surface area contributed by atoms with Gasteiger partial charge in [-0.1, -0.05) is 55.9 Å². The first kappa shape index (κ1) is 35.8. The fourth-order valence-electron chi connectivity index (χ4n) is 4.85. The second-order valence-corrected chi connectivity index (χ2v) is 11.8. The number of amides is 1. The molecule has 0 fully saturated rings. The number of hydrogen-bond donors (Lipinski definition) is 1. The minimum absolute atomic E-state index is 0.0888. The number of benzene rings is 2. The second kappa shape index (κ2) is 16.7. The zero-order chi connectivity index (χ0) is 34.0. The number of alkyl halides is 3. The van der Waals surface area contributed by atoms with Crippen LogP contribution < -0.4 is 5.56 Å². The van der Waals surface area contributed by atoms with Crippen molar-refractivity contribution in [1.29, 1.82) is 0 Å². The Balaban J connectivity index is 1.56. The van der Waals surface area contributed by atoms with E-state index in [0.29, 0.717) is 35.3 Å². The molecule has 47 heavy (non-hydrogen) atoms. The summed E-state index contributed by atoms with van der Waals surface area (Å²) >= 11 is 1.25. The Morgan fingerprint density at radius 1 is 0.957 bits per heavy atom. The minimum atomic E-state index is -4.43. The van der Waals surface area contributed by atoms with Crippen molar-refractivity contribution >= 4 is 17.7 Å². The topological polar surface area (TPSA) is 91.6 Å². The average Bonchev–Trinajstić information content (AvgIpc) is 3.06. The van der Waals surface area contributed by atoms with Crippen LogP contribution in [0, 0.1) is 5.82 Å². The number of rotatable bonds is 15. The highest BCUT2D eigenvalue weighted by atomic mass is 32.2. The average molecular weight is 672 g/mol. The molecule has 0 aliphatic rings. The molecule has 250 valence electrons. The van der Waals surface area contributed by atoms with Crippen LogP contribution in [0.15, 0.2) is 83.0 Å². The number of carbonyl (C=O) groups excluding carboxylic acids is 1. The van der Waals surface area contributed by atoms with E-state index in [1.54, 1.807) is 46.1 Å². The second-order valence-electron chi connectivity index (χ2n) is 10.8. The molecule has 0 saturated heterocycles. The van der Waals surface area contributed by atoms with E-state index in [0.717, 1.165) is 36.3 Å². The van der Waals surface area contributed by atoms with Gasteiger partial charge in [0.2, 0.25) is 5.91 Å². The van der Waals surface area contributed by atoms with E-state index >= 15 is 0 Å². The molecule has 0 aliphatic carbocycles. The normalized spacial score (nSPS) is 11.7. The Morgan fingerprint density at radius 3 is 2.23 bits per heavy atom. The van der Waals surface area contributed by atoms with Crippen LogP contribution in [0.25, 0.3) is 11.3 Å². The van der Waals surface area contributed by atoms with Gasteiger partial charge in [-0.25, -0.2) is 4.39 Å². The van der Waals surface area contributed by atoms with E-state index < -0.39 is 17.3 Å². The number of pyridine rings is 1. The van der Waals surface area contributed by atoms with Crippen molar-refractivity contribution in [1.82, 2.24) is 24.3 Å². The van der Waals surface area contributed by atoms with Gasteiger partial charge in [0.25, 0.3) is 5.56 Å². The van der Waals surface area contributed by atoms with Crippen LogP contribution in [-0.2, 0) is 36.2 Å². The maximum atomic E-state index is 13.9. The van der Waals surface area contributed by atoms with Gasteiger partial charge in [-0.15, -0.1) is 0 Å². The van der Waals surface area contributed by atoms with Crippen molar-refractivity contribution in [3.63, 3.8) is 0 Å². The number of aliphatic hydroxyl groups is 1. The molecule has 4 aromatic rings. The van der Waals surface area contributed by atoms with Crippen LogP contribution in [0.4, 0.5) is 17.6 Å². The van der Waals surface area contributed by atoms with Crippen LogP contribution in [-0.4, -0.2) is 68.1 Å². The van der Waals surface area contributed by atoms with Crippen molar-refractivity contribution in [2.24, 2.45) is 0 Å². The maximum Gasteiger partial charge on any atom is 0.416 e. The molecule has 1 N–H and O–H groups in total. The lowest BCUT2D eigenvalue weighted by Crippen LogP contribution is -2.40. The molecule has 0 radical (unpaired) electrons. The fourth-order valence-corrected chi connectivity index (χ4v) is 5.77. The van der Waals surface area contributed by atoms with Crippen molar-refractivity contribution in [2.45, 2.75) is 50.4 Å². The van der Waals surface area contributed by atoms with Gasteiger partial charge in [-0.05, 0) is 54.5 Å². The third-order valence-electron chi connectivity index (χ3n) is 7.64. The molecule has 8 nitrogen and oxygen atoms in total. The Kier molecular flexibility index (Phi) is 12.7. The number of halogens is 4. The van der Waals surface area contributed by atoms with E-state index in [1.165, 1.54) is 36.0 Å². The van der Waals surface area contributed by atoms with Crippen molar-refractivity contribution in [3.8, 4) is 11.3 Å². The summed E-state index contributed by atoms with van der Waals surface area (Å²) in [4.78, 5) is 39.1. The Hall–Kier alpha value is -4.07. The highest BCUT2D eigenvalue weighted by Crippen LogP contribution is 2.30. The molecule has 2 aromatic heterocycles. The molecule has 0 spiro atoms. The van der Waals surface area contributed by atoms with Gasteiger partial charge in [-0.2, -0.15) is 18.2 Å². The predicted octanol–water partition coefficient (Wildman–Crippen LogP) is 5.66. The molecule has 1 amide bonds. The van der Waals surface area contributed by atoms with Crippen molar-refractivity contribution < 1.29 is 27.5 Å². The third-order valence-corrected chi connectivity index (χ3v) is 8.70. The van der Waals surface area contributed by atoms with Gasteiger partial charge >= 0.3 is 6.18 Å².